The Labute approximate surface area is 182 Å². The number of hydrogen-bond donors (Lipinski definition) is 2. The number of likely N-dealkylation sites (tertiary alicyclic amines) is 1. The predicted molar refractivity (Wildman–Crippen MR) is 116 cm³/mol. The van der Waals surface area contributed by atoms with Gasteiger partial charge >= 0.3 is 0 Å². The molecule has 1 amide bonds. The second-order valence-corrected chi connectivity index (χ2v) is 9.97. The van der Waals surface area contributed by atoms with Crippen LogP contribution in [0.5, 0.6) is 0 Å². The molecular weight excluding hydrogens is 426 g/mol. The minimum absolute atomic E-state index is 0.0656. The third-order valence-corrected chi connectivity index (χ3v) is 6.99. The van der Waals surface area contributed by atoms with Gasteiger partial charge < -0.3 is 9.73 Å². The standard InChI is InChI=1S/C21H28ClN3O4S/c1-15(2)20(24-30(27,28)17-9-7-16(22)8-10-17)21(26)23-14-18(19-6-5-13-29-19)25-11-3-4-12-25/h5-10,13,15,18,20,24H,3-4,11-12,14H2,1-2H3,(H,23,26)/t18?,20-/m0/s1. The number of carbonyl (C=O) groups is 1. The lowest BCUT2D eigenvalue weighted by Gasteiger charge is -2.28. The van der Waals surface area contributed by atoms with Crippen LogP contribution < -0.4 is 10.0 Å². The van der Waals surface area contributed by atoms with Crippen molar-refractivity contribution in [3.05, 3.63) is 53.4 Å². The fraction of sp³-hybridized carbons (Fsp3) is 0.476. The van der Waals surface area contributed by atoms with E-state index in [0.29, 0.717) is 11.6 Å². The molecule has 0 saturated carbocycles. The minimum atomic E-state index is -3.86. The van der Waals surface area contributed by atoms with Crippen molar-refractivity contribution >= 4 is 27.5 Å². The number of furan rings is 1. The van der Waals surface area contributed by atoms with Gasteiger partial charge in [0.05, 0.1) is 17.2 Å². The molecule has 164 valence electrons. The summed E-state index contributed by atoms with van der Waals surface area (Å²) >= 11 is 5.84. The first-order valence-corrected chi connectivity index (χ1v) is 12.0. The van der Waals surface area contributed by atoms with Crippen LogP contribution in [0.3, 0.4) is 0 Å². The molecule has 1 fully saturated rings. The third-order valence-electron chi connectivity index (χ3n) is 5.28. The number of halogens is 1. The van der Waals surface area contributed by atoms with Crippen molar-refractivity contribution < 1.29 is 17.6 Å². The molecule has 2 N–H and O–H groups in total. The highest BCUT2D eigenvalue weighted by molar-refractivity contribution is 7.89. The van der Waals surface area contributed by atoms with Gasteiger partial charge in [-0.15, -0.1) is 0 Å². The zero-order chi connectivity index (χ0) is 21.7. The summed E-state index contributed by atoms with van der Waals surface area (Å²) in [6.07, 6.45) is 3.85. The lowest BCUT2D eigenvalue weighted by Crippen LogP contribution is -2.51. The molecule has 0 aliphatic carbocycles. The maximum absolute atomic E-state index is 12.9. The van der Waals surface area contributed by atoms with E-state index in [9.17, 15) is 13.2 Å². The smallest absolute Gasteiger partial charge is 0.241 e. The SMILES string of the molecule is CC(C)[C@H](NS(=O)(=O)c1ccc(Cl)cc1)C(=O)NCC(c1ccco1)N1CCCC1. The van der Waals surface area contributed by atoms with Gasteiger partial charge in [-0.25, -0.2) is 8.42 Å². The van der Waals surface area contributed by atoms with Crippen LogP contribution in [0, 0.1) is 5.92 Å². The molecular formula is C21H28ClN3O4S. The van der Waals surface area contributed by atoms with Gasteiger partial charge in [-0.3, -0.25) is 9.69 Å². The highest BCUT2D eigenvalue weighted by Crippen LogP contribution is 2.25. The number of hydrogen-bond acceptors (Lipinski definition) is 5. The van der Waals surface area contributed by atoms with E-state index >= 15 is 0 Å². The molecule has 1 unspecified atom stereocenters. The number of sulfonamides is 1. The molecule has 1 aromatic carbocycles. The zero-order valence-electron chi connectivity index (χ0n) is 17.2. The van der Waals surface area contributed by atoms with Crippen LogP contribution in [-0.2, 0) is 14.8 Å². The van der Waals surface area contributed by atoms with Crippen LogP contribution in [0.1, 0.15) is 38.5 Å². The van der Waals surface area contributed by atoms with Gasteiger partial charge in [0.1, 0.15) is 11.8 Å². The Morgan fingerprint density at radius 3 is 2.40 bits per heavy atom. The Kier molecular flexibility index (Phi) is 7.57. The molecule has 0 spiro atoms. The predicted octanol–water partition coefficient (Wildman–Crippen LogP) is 3.19. The molecule has 1 aliphatic heterocycles. The van der Waals surface area contributed by atoms with Crippen LogP contribution in [0.4, 0.5) is 0 Å². The summed E-state index contributed by atoms with van der Waals surface area (Å²) in [6.45, 7) is 5.84. The molecule has 9 heteroatoms. The minimum Gasteiger partial charge on any atom is -0.468 e. The van der Waals surface area contributed by atoms with E-state index in [1.807, 2.05) is 12.1 Å². The lowest BCUT2D eigenvalue weighted by molar-refractivity contribution is -0.123. The first-order chi connectivity index (χ1) is 14.3. The first kappa shape index (κ1) is 22.8. The van der Waals surface area contributed by atoms with E-state index < -0.39 is 16.1 Å². The first-order valence-electron chi connectivity index (χ1n) is 10.1. The van der Waals surface area contributed by atoms with Crippen molar-refractivity contribution in [3.63, 3.8) is 0 Å². The van der Waals surface area contributed by atoms with Crippen LogP contribution in [0.25, 0.3) is 0 Å². The number of nitrogens with zero attached hydrogens (tertiary/aromatic N) is 1. The van der Waals surface area contributed by atoms with Crippen molar-refractivity contribution in [1.82, 2.24) is 14.9 Å². The van der Waals surface area contributed by atoms with E-state index in [-0.39, 0.29) is 22.8 Å². The van der Waals surface area contributed by atoms with Crippen molar-refractivity contribution in [2.75, 3.05) is 19.6 Å². The van der Waals surface area contributed by atoms with Gasteiger partial charge in [0.15, 0.2) is 0 Å². The normalized spacial score (nSPS) is 17.2. The van der Waals surface area contributed by atoms with E-state index in [1.165, 1.54) is 24.3 Å². The lowest BCUT2D eigenvalue weighted by atomic mass is 10.0. The van der Waals surface area contributed by atoms with Gasteiger partial charge in [-0.1, -0.05) is 25.4 Å². The fourth-order valence-electron chi connectivity index (χ4n) is 3.59. The number of amides is 1. The Hall–Kier alpha value is -1.87. The van der Waals surface area contributed by atoms with Crippen molar-refractivity contribution in [2.24, 2.45) is 5.92 Å². The molecule has 1 aliphatic rings. The van der Waals surface area contributed by atoms with E-state index in [0.717, 1.165) is 31.7 Å². The van der Waals surface area contributed by atoms with E-state index in [2.05, 4.69) is 14.9 Å². The summed E-state index contributed by atoms with van der Waals surface area (Å²) in [4.78, 5) is 15.3. The molecule has 30 heavy (non-hydrogen) atoms. The molecule has 2 atom stereocenters. The molecule has 2 aromatic rings. The number of rotatable bonds is 9. The van der Waals surface area contributed by atoms with Gasteiger partial charge in [0.25, 0.3) is 0 Å². The van der Waals surface area contributed by atoms with Gasteiger partial charge in [-0.05, 0) is 68.2 Å². The maximum atomic E-state index is 12.9. The molecule has 7 nitrogen and oxygen atoms in total. The number of benzene rings is 1. The topological polar surface area (TPSA) is 91.6 Å². The summed E-state index contributed by atoms with van der Waals surface area (Å²) in [5, 5.41) is 3.37. The summed E-state index contributed by atoms with van der Waals surface area (Å²) in [7, 11) is -3.86. The van der Waals surface area contributed by atoms with Crippen LogP contribution in [0.2, 0.25) is 5.02 Å². The second-order valence-electron chi connectivity index (χ2n) is 7.82. The number of nitrogens with one attached hydrogen (secondary N) is 2. The summed E-state index contributed by atoms with van der Waals surface area (Å²) in [5.41, 5.74) is 0. The molecule has 3 rings (SSSR count). The van der Waals surface area contributed by atoms with Gasteiger partial charge in [-0.2, -0.15) is 4.72 Å². The molecule has 2 heterocycles. The Bertz CT molecular complexity index is 924. The summed E-state index contributed by atoms with van der Waals surface area (Å²) in [5.74, 6) is 0.194. The molecule has 0 radical (unpaired) electrons. The fourth-order valence-corrected chi connectivity index (χ4v) is 5.06. The van der Waals surface area contributed by atoms with Crippen molar-refractivity contribution in [3.8, 4) is 0 Å². The third kappa shape index (κ3) is 5.63. The van der Waals surface area contributed by atoms with Crippen molar-refractivity contribution in [1.29, 1.82) is 0 Å². The maximum Gasteiger partial charge on any atom is 0.241 e. The highest BCUT2D eigenvalue weighted by atomic mass is 35.5. The molecule has 0 bridgehead atoms. The van der Waals surface area contributed by atoms with Crippen LogP contribution >= 0.6 is 11.6 Å². The Balaban J connectivity index is 1.69. The van der Waals surface area contributed by atoms with Gasteiger partial charge in [0, 0.05) is 11.6 Å². The van der Waals surface area contributed by atoms with E-state index in [4.69, 9.17) is 16.0 Å². The monoisotopic (exact) mass is 453 g/mol. The largest absolute Gasteiger partial charge is 0.468 e. The Morgan fingerprint density at radius 1 is 1.17 bits per heavy atom. The van der Waals surface area contributed by atoms with Crippen LogP contribution in [-0.4, -0.2) is 44.9 Å². The summed E-state index contributed by atoms with van der Waals surface area (Å²) in [6, 6.07) is 8.60. The molecule has 1 aromatic heterocycles. The quantitative estimate of drug-likeness (QED) is 0.608. The highest BCUT2D eigenvalue weighted by Gasteiger charge is 2.31. The second kappa shape index (κ2) is 9.96. The van der Waals surface area contributed by atoms with Crippen molar-refractivity contribution in [2.45, 2.75) is 43.7 Å². The average molecular weight is 454 g/mol. The number of carbonyl (C=O) groups excluding carboxylic acids is 1. The zero-order valence-corrected chi connectivity index (χ0v) is 18.7. The van der Waals surface area contributed by atoms with Gasteiger partial charge in [0.2, 0.25) is 15.9 Å². The average Bonchev–Trinajstić information content (AvgIpc) is 3.41. The molecule has 1 saturated heterocycles. The van der Waals surface area contributed by atoms with Crippen LogP contribution in [0.15, 0.2) is 52.0 Å². The summed E-state index contributed by atoms with van der Waals surface area (Å²) < 4.78 is 33.6. The van der Waals surface area contributed by atoms with E-state index in [1.54, 1.807) is 20.1 Å². The Morgan fingerprint density at radius 2 is 1.83 bits per heavy atom.